The maximum Gasteiger partial charge on any atom is 0.245 e. The molecule has 2 aromatic heterocycles. The summed E-state index contributed by atoms with van der Waals surface area (Å²) >= 11 is 1.26. The smallest absolute Gasteiger partial charge is 0.245 e. The standard InChI is InChI=1S/C26H32N6O3S/c27-11-5-13-31(16-19-6-4-12-28-15-19)24(34)14-21-18-36-26(29-21)30-23(33)17-32(22-9-10-22)25(35)20-7-2-1-3-8-20/h4,6,12,15,18,20,22H,1-3,5,7-10,13-14,16-17H2,(H,29,30,33). The van der Waals surface area contributed by atoms with E-state index < -0.39 is 0 Å². The lowest BCUT2D eigenvalue weighted by Gasteiger charge is -2.28. The number of rotatable bonds is 11. The molecule has 36 heavy (non-hydrogen) atoms. The van der Waals surface area contributed by atoms with Crippen LogP contribution in [0.3, 0.4) is 0 Å². The Morgan fingerprint density at radius 2 is 1.97 bits per heavy atom. The maximum atomic E-state index is 13.0. The molecular weight excluding hydrogens is 476 g/mol. The summed E-state index contributed by atoms with van der Waals surface area (Å²) in [6.45, 7) is 0.735. The van der Waals surface area contributed by atoms with E-state index in [4.69, 9.17) is 5.26 Å². The van der Waals surface area contributed by atoms with Gasteiger partial charge in [-0.2, -0.15) is 5.26 Å². The Kier molecular flexibility index (Phi) is 9.01. The van der Waals surface area contributed by atoms with Crippen molar-refractivity contribution in [1.29, 1.82) is 5.26 Å². The van der Waals surface area contributed by atoms with Crippen molar-refractivity contribution in [2.24, 2.45) is 5.92 Å². The van der Waals surface area contributed by atoms with Crippen LogP contribution in [0.5, 0.6) is 0 Å². The van der Waals surface area contributed by atoms with Crippen molar-refractivity contribution < 1.29 is 14.4 Å². The van der Waals surface area contributed by atoms with Crippen LogP contribution in [0.25, 0.3) is 0 Å². The second-order valence-electron chi connectivity index (χ2n) is 9.49. The number of carbonyl (C=O) groups is 3. The van der Waals surface area contributed by atoms with Crippen molar-refractivity contribution in [2.45, 2.75) is 70.4 Å². The third-order valence-corrected chi connectivity index (χ3v) is 7.42. The summed E-state index contributed by atoms with van der Waals surface area (Å²) in [7, 11) is 0. The molecule has 2 fully saturated rings. The van der Waals surface area contributed by atoms with Crippen LogP contribution in [-0.4, -0.2) is 56.6 Å². The van der Waals surface area contributed by atoms with Gasteiger partial charge in [-0.3, -0.25) is 19.4 Å². The molecule has 0 atom stereocenters. The van der Waals surface area contributed by atoms with E-state index in [9.17, 15) is 14.4 Å². The van der Waals surface area contributed by atoms with E-state index in [2.05, 4.69) is 21.4 Å². The number of nitrogens with zero attached hydrogens (tertiary/aromatic N) is 5. The van der Waals surface area contributed by atoms with Crippen LogP contribution in [0.1, 0.15) is 62.6 Å². The van der Waals surface area contributed by atoms with Crippen LogP contribution in [-0.2, 0) is 27.3 Å². The number of amides is 3. The average molecular weight is 509 g/mol. The van der Waals surface area contributed by atoms with Crippen LogP contribution in [0.15, 0.2) is 29.9 Å². The fourth-order valence-corrected chi connectivity index (χ4v) is 5.30. The number of pyridine rings is 1. The quantitative estimate of drug-likeness (QED) is 0.496. The molecule has 1 N–H and O–H groups in total. The number of thiazole rings is 1. The molecule has 2 saturated carbocycles. The number of nitrogens with one attached hydrogen (secondary N) is 1. The molecule has 0 saturated heterocycles. The van der Waals surface area contributed by atoms with Crippen LogP contribution < -0.4 is 5.32 Å². The molecule has 0 radical (unpaired) electrons. The second kappa shape index (κ2) is 12.6. The van der Waals surface area contributed by atoms with Gasteiger partial charge in [0.25, 0.3) is 0 Å². The normalized spacial score (nSPS) is 15.6. The fourth-order valence-electron chi connectivity index (χ4n) is 4.57. The van der Waals surface area contributed by atoms with E-state index in [-0.39, 0.29) is 49.1 Å². The Labute approximate surface area is 215 Å². The Morgan fingerprint density at radius 1 is 1.17 bits per heavy atom. The number of anilines is 1. The topological polar surface area (TPSA) is 119 Å². The molecule has 2 aliphatic rings. The van der Waals surface area contributed by atoms with E-state index in [0.717, 1.165) is 44.1 Å². The Hall–Kier alpha value is -3.32. The molecule has 2 heterocycles. The number of hydrogen-bond acceptors (Lipinski definition) is 7. The SMILES string of the molecule is N#CCCN(Cc1cccnc1)C(=O)Cc1csc(NC(=O)CN(C(=O)C2CCCCC2)C2CC2)n1. The largest absolute Gasteiger partial charge is 0.337 e. The molecule has 2 aliphatic carbocycles. The lowest BCUT2D eigenvalue weighted by molar-refractivity contribution is -0.139. The number of carbonyl (C=O) groups excluding carboxylic acids is 3. The van der Waals surface area contributed by atoms with Crippen LogP contribution in [0.4, 0.5) is 5.13 Å². The monoisotopic (exact) mass is 508 g/mol. The fraction of sp³-hybridized carbons (Fsp3) is 0.538. The number of hydrogen-bond donors (Lipinski definition) is 1. The van der Waals surface area contributed by atoms with Gasteiger partial charge in [-0.15, -0.1) is 11.3 Å². The predicted molar refractivity (Wildman–Crippen MR) is 136 cm³/mol. The highest BCUT2D eigenvalue weighted by Gasteiger charge is 2.37. The summed E-state index contributed by atoms with van der Waals surface area (Å²) in [5.41, 5.74) is 1.45. The molecule has 9 nitrogen and oxygen atoms in total. The molecule has 0 spiro atoms. The molecule has 190 valence electrons. The van der Waals surface area contributed by atoms with Gasteiger partial charge >= 0.3 is 0 Å². The van der Waals surface area contributed by atoms with Crippen molar-refractivity contribution in [1.82, 2.24) is 19.8 Å². The first kappa shape index (κ1) is 25.8. The van der Waals surface area contributed by atoms with Crippen molar-refractivity contribution in [3.05, 3.63) is 41.2 Å². The molecule has 4 rings (SSSR count). The van der Waals surface area contributed by atoms with Gasteiger partial charge in [-0.25, -0.2) is 4.98 Å². The molecule has 10 heteroatoms. The highest BCUT2D eigenvalue weighted by Crippen LogP contribution is 2.32. The molecule has 0 unspecified atom stereocenters. The van der Waals surface area contributed by atoms with Gasteiger partial charge in [-0.1, -0.05) is 25.3 Å². The van der Waals surface area contributed by atoms with Gasteiger partial charge in [0.05, 0.1) is 24.6 Å². The summed E-state index contributed by atoms with van der Waals surface area (Å²) < 4.78 is 0. The third kappa shape index (κ3) is 7.34. The first-order valence-electron chi connectivity index (χ1n) is 12.6. The maximum absolute atomic E-state index is 13.0. The second-order valence-corrected chi connectivity index (χ2v) is 10.3. The first-order chi connectivity index (χ1) is 17.5. The van der Waals surface area contributed by atoms with Gasteiger partial charge in [0.15, 0.2) is 5.13 Å². The number of aromatic nitrogens is 2. The Balaban J connectivity index is 1.31. The lowest BCUT2D eigenvalue weighted by atomic mass is 9.88. The van der Waals surface area contributed by atoms with Gasteiger partial charge in [0.2, 0.25) is 17.7 Å². The zero-order valence-corrected chi connectivity index (χ0v) is 21.2. The lowest BCUT2D eigenvalue weighted by Crippen LogP contribution is -2.43. The number of nitriles is 1. The summed E-state index contributed by atoms with van der Waals surface area (Å²) in [5.74, 6) is -0.245. The summed E-state index contributed by atoms with van der Waals surface area (Å²) in [4.78, 5) is 50.6. The van der Waals surface area contributed by atoms with Crippen molar-refractivity contribution in [3.8, 4) is 6.07 Å². The average Bonchev–Trinajstić information content (AvgIpc) is 3.65. The molecular formula is C26H32N6O3S. The van der Waals surface area contributed by atoms with Crippen molar-refractivity contribution >= 4 is 34.2 Å². The van der Waals surface area contributed by atoms with Crippen LogP contribution in [0.2, 0.25) is 0 Å². The Bertz CT molecular complexity index is 1090. The highest BCUT2D eigenvalue weighted by atomic mass is 32.1. The highest BCUT2D eigenvalue weighted by molar-refractivity contribution is 7.13. The first-order valence-corrected chi connectivity index (χ1v) is 13.5. The van der Waals surface area contributed by atoms with Gasteiger partial charge in [0, 0.05) is 42.8 Å². The summed E-state index contributed by atoms with van der Waals surface area (Å²) in [6.07, 6.45) is 10.8. The zero-order chi connectivity index (χ0) is 25.3. The molecule has 3 amide bonds. The minimum Gasteiger partial charge on any atom is -0.337 e. The zero-order valence-electron chi connectivity index (χ0n) is 20.4. The van der Waals surface area contributed by atoms with Crippen LogP contribution >= 0.6 is 11.3 Å². The molecule has 0 aromatic carbocycles. The van der Waals surface area contributed by atoms with E-state index in [1.165, 1.54) is 17.8 Å². The van der Waals surface area contributed by atoms with E-state index in [0.29, 0.717) is 23.9 Å². The van der Waals surface area contributed by atoms with E-state index in [1.807, 2.05) is 12.1 Å². The Morgan fingerprint density at radius 3 is 2.67 bits per heavy atom. The molecule has 2 aromatic rings. The van der Waals surface area contributed by atoms with Crippen molar-refractivity contribution in [2.75, 3.05) is 18.4 Å². The van der Waals surface area contributed by atoms with Crippen molar-refractivity contribution in [3.63, 3.8) is 0 Å². The van der Waals surface area contributed by atoms with Gasteiger partial charge in [0.1, 0.15) is 6.54 Å². The minimum absolute atomic E-state index is 0.0419. The van der Waals surface area contributed by atoms with E-state index >= 15 is 0 Å². The summed E-state index contributed by atoms with van der Waals surface area (Å²) in [5, 5.41) is 14.0. The van der Waals surface area contributed by atoms with Crippen LogP contribution in [0, 0.1) is 17.2 Å². The third-order valence-electron chi connectivity index (χ3n) is 6.61. The van der Waals surface area contributed by atoms with Gasteiger partial charge < -0.3 is 15.1 Å². The molecule has 0 bridgehead atoms. The molecule has 0 aliphatic heterocycles. The van der Waals surface area contributed by atoms with E-state index in [1.54, 1.807) is 27.6 Å². The summed E-state index contributed by atoms with van der Waals surface area (Å²) in [6, 6.07) is 5.96. The van der Waals surface area contributed by atoms with Gasteiger partial charge in [-0.05, 0) is 37.3 Å². The minimum atomic E-state index is -0.259. The predicted octanol–water partition coefficient (Wildman–Crippen LogP) is 3.53.